The van der Waals surface area contributed by atoms with Crippen LogP contribution in [0.3, 0.4) is 0 Å². The van der Waals surface area contributed by atoms with Crippen LogP contribution in [0, 0.1) is 0 Å². The van der Waals surface area contributed by atoms with Crippen LogP contribution in [0.25, 0.3) is 0 Å². The zero-order valence-corrected chi connectivity index (χ0v) is 38.0. The molecule has 0 fully saturated rings. The number of ether oxygens (including phenoxy) is 2. The molecule has 76 heavy (non-hydrogen) atoms. The predicted octanol–water partition coefficient (Wildman–Crippen LogP) is 13.3. The van der Waals surface area contributed by atoms with Gasteiger partial charge in [-0.25, -0.2) is 0 Å². The summed E-state index contributed by atoms with van der Waals surface area (Å²) in [6.07, 6.45) is -25.9. The largest absolute Gasteiger partial charge is 0.756 e. The standard InChI is InChI=1S/C34H34F34NO6P/c1-69(2,3)12-15-74-76(70,71)75-17-18(73-14-9-5-7-11-20(37,38)22(41,42)24(45,46)26(49,50)28(53,54)30(57,58)32(61,62)34(66,67)68)16-72-13-8-4-6-10-19(35,36)21(39,40)23(43,44)25(47,48)27(51,52)29(55,56)31(59,60)33(63,64)65/h6-7,10-11,18H,4-5,8-9,12-17H2,1-3H3/b10-6+,11-7+. The fourth-order valence-electron chi connectivity index (χ4n) is 4.78. The molecule has 0 bridgehead atoms. The van der Waals surface area contributed by atoms with Crippen molar-refractivity contribution in [1.82, 2.24) is 0 Å². The summed E-state index contributed by atoms with van der Waals surface area (Å²) in [5.74, 6) is -117. The van der Waals surface area contributed by atoms with E-state index in [1.165, 1.54) is 21.1 Å². The lowest BCUT2D eigenvalue weighted by Crippen LogP contribution is -2.74. The van der Waals surface area contributed by atoms with Crippen molar-refractivity contribution >= 4 is 7.82 Å². The fourth-order valence-corrected chi connectivity index (χ4v) is 5.50. The van der Waals surface area contributed by atoms with Gasteiger partial charge in [0.1, 0.15) is 19.3 Å². The number of rotatable bonds is 32. The van der Waals surface area contributed by atoms with Crippen molar-refractivity contribution in [2.75, 3.05) is 60.7 Å². The SMILES string of the molecule is C[N+](C)(C)CCOP(=O)([O-])OCC(COCCC/C=C/C(F)(F)C(F)(F)C(F)(F)C(F)(F)C(F)(F)C(F)(F)C(F)(F)C(F)(F)F)OCCC/C=C/C(F)(F)C(F)(F)C(F)(F)C(F)(F)C(F)(F)C(F)(F)C(F)(F)C(F)(F)F. The second-order valence-corrected chi connectivity index (χ2v) is 17.8. The molecule has 7 nitrogen and oxygen atoms in total. The van der Waals surface area contributed by atoms with Gasteiger partial charge in [-0.05, 0) is 37.8 Å². The minimum absolute atomic E-state index is 0.0465. The molecule has 0 aliphatic heterocycles. The van der Waals surface area contributed by atoms with Gasteiger partial charge in [-0.2, -0.15) is 149 Å². The lowest BCUT2D eigenvalue weighted by molar-refractivity contribution is -0.870. The molecule has 0 N–H and O–H groups in total. The van der Waals surface area contributed by atoms with Crippen LogP contribution in [0.1, 0.15) is 25.7 Å². The summed E-state index contributed by atoms with van der Waals surface area (Å²) in [6.45, 7) is -5.00. The molecule has 0 heterocycles. The number of likely N-dealkylation sites (N-methyl/N-ethyl adjacent to an activating group) is 1. The van der Waals surface area contributed by atoms with Gasteiger partial charge in [0.05, 0.1) is 34.4 Å². The smallest absolute Gasteiger partial charge is 0.460 e. The van der Waals surface area contributed by atoms with E-state index >= 15 is 0 Å². The second-order valence-electron chi connectivity index (χ2n) is 16.4. The number of phosphoric acid groups is 1. The molecule has 2 unspecified atom stereocenters. The van der Waals surface area contributed by atoms with Crippen LogP contribution in [0.2, 0.25) is 0 Å². The fraction of sp³-hybridized carbons (Fsp3) is 0.882. The molecule has 0 aliphatic rings. The monoisotopic (exact) mass is 1230 g/mol. The lowest BCUT2D eigenvalue weighted by Gasteiger charge is -2.42. The third kappa shape index (κ3) is 14.0. The van der Waals surface area contributed by atoms with Gasteiger partial charge in [0.15, 0.2) is 0 Å². The third-order valence-corrected chi connectivity index (χ3v) is 10.4. The molecule has 0 spiro atoms. The van der Waals surface area contributed by atoms with E-state index in [2.05, 4.69) is 9.05 Å². The number of halogens is 34. The van der Waals surface area contributed by atoms with Gasteiger partial charge in [0, 0.05) is 13.2 Å². The first kappa shape index (κ1) is 73.1. The Labute approximate surface area is 402 Å². The van der Waals surface area contributed by atoms with Crippen molar-refractivity contribution in [2.45, 2.75) is 127 Å². The van der Waals surface area contributed by atoms with E-state index in [-0.39, 0.29) is 17.1 Å². The Morgan fingerprint density at radius 2 is 0.697 bits per heavy atom. The molecule has 42 heteroatoms. The minimum Gasteiger partial charge on any atom is -0.756 e. The number of allylic oxidation sites excluding steroid dienone is 4. The highest BCUT2D eigenvalue weighted by molar-refractivity contribution is 7.45. The Balaban J connectivity index is 6.19. The molecule has 2 atom stereocenters. The third-order valence-electron chi connectivity index (χ3n) is 9.41. The number of hydrogen-bond donors (Lipinski definition) is 0. The van der Waals surface area contributed by atoms with Gasteiger partial charge in [-0.3, -0.25) is 4.57 Å². The van der Waals surface area contributed by atoms with Gasteiger partial charge in [-0.1, -0.05) is 12.2 Å². The first-order valence-corrected chi connectivity index (χ1v) is 20.8. The van der Waals surface area contributed by atoms with Gasteiger partial charge in [0.25, 0.3) is 7.82 Å². The van der Waals surface area contributed by atoms with E-state index in [9.17, 15) is 159 Å². The van der Waals surface area contributed by atoms with Gasteiger partial charge in [-0.15, -0.1) is 0 Å². The Bertz CT molecular complexity index is 1990. The number of unbranched alkanes of at least 4 members (excludes halogenated alkanes) is 2. The van der Waals surface area contributed by atoms with Gasteiger partial charge < -0.3 is 27.9 Å². The Morgan fingerprint density at radius 1 is 0.408 bits per heavy atom. The Morgan fingerprint density at radius 3 is 1.00 bits per heavy atom. The number of quaternary nitrogens is 1. The van der Waals surface area contributed by atoms with Crippen LogP contribution < -0.4 is 4.89 Å². The molecule has 454 valence electrons. The maximum atomic E-state index is 14.2. The minimum atomic E-state index is -8.89. The van der Waals surface area contributed by atoms with E-state index < -0.39 is 186 Å². The number of phosphoric ester groups is 1. The molecule has 0 radical (unpaired) electrons. The van der Waals surface area contributed by atoms with Crippen molar-refractivity contribution in [3.8, 4) is 0 Å². The van der Waals surface area contributed by atoms with E-state index in [0.29, 0.717) is 0 Å². The van der Waals surface area contributed by atoms with Crippen LogP contribution >= 0.6 is 7.82 Å². The molecule has 0 aromatic heterocycles. The zero-order valence-electron chi connectivity index (χ0n) is 37.2. The number of nitrogens with zero attached hydrogens (tertiary/aromatic N) is 1. The first-order valence-electron chi connectivity index (χ1n) is 19.4. The van der Waals surface area contributed by atoms with E-state index in [1.54, 1.807) is 0 Å². The zero-order chi connectivity index (χ0) is 61.3. The van der Waals surface area contributed by atoms with Crippen LogP contribution in [-0.4, -0.2) is 167 Å². The van der Waals surface area contributed by atoms with Crippen molar-refractivity contribution in [3.05, 3.63) is 24.3 Å². The summed E-state index contributed by atoms with van der Waals surface area (Å²) in [5.41, 5.74) is 0. The van der Waals surface area contributed by atoms with E-state index in [4.69, 9.17) is 9.47 Å². The average Bonchev–Trinajstić information content (AvgIpc) is 3.20. The van der Waals surface area contributed by atoms with Crippen LogP contribution in [-0.2, 0) is 23.1 Å². The lowest BCUT2D eigenvalue weighted by atomic mass is 9.89. The topological polar surface area (TPSA) is 77.1 Å². The molecule has 0 aromatic carbocycles. The van der Waals surface area contributed by atoms with Crippen LogP contribution in [0.4, 0.5) is 149 Å². The van der Waals surface area contributed by atoms with Crippen LogP contribution in [0.5, 0.6) is 0 Å². The van der Waals surface area contributed by atoms with Crippen molar-refractivity contribution in [2.24, 2.45) is 0 Å². The van der Waals surface area contributed by atoms with Gasteiger partial charge >= 0.3 is 95.3 Å². The number of hydrogen-bond acceptors (Lipinski definition) is 6. The van der Waals surface area contributed by atoms with Crippen molar-refractivity contribution in [1.29, 1.82) is 0 Å². The van der Waals surface area contributed by atoms with E-state index in [0.717, 1.165) is 0 Å². The van der Waals surface area contributed by atoms with Crippen molar-refractivity contribution in [3.63, 3.8) is 0 Å². The summed E-state index contributed by atoms with van der Waals surface area (Å²) >= 11 is 0. The summed E-state index contributed by atoms with van der Waals surface area (Å²) in [5, 5.41) is 0. The highest BCUT2D eigenvalue weighted by Gasteiger charge is 2.96. The molecular formula is C34H34F34NO6P. The summed E-state index contributed by atoms with van der Waals surface area (Å²) in [4.78, 5) is 12.1. The normalized spacial score (nSPS) is 17.3. The summed E-state index contributed by atoms with van der Waals surface area (Å²) in [6, 6.07) is 0. The maximum absolute atomic E-state index is 14.2. The molecule has 0 aromatic rings. The highest BCUT2D eigenvalue weighted by Crippen LogP contribution is 2.66. The highest BCUT2D eigenvalue weighted by atomic mass is 31.2. The molecular weight excluding hydrogens is 1200 g/mol. The second kappa shape index (κ2) is 22.9. The predicted molar refractivity (Wildman–Crippen MR) is 181 cm³/mol. The Hall–Kier alpha value is -2.91. The van der Waals surface area contributed by atoms with Crippen LogP contribution in [0.15, 0.2) is 24.3 Å². The molecule has 0 amide bonds. The molecule has 0 rings (SSSR count). The maximum Gasteiger partial charge on any atom is 0.460 e. The molecule has 0 aliphatic carbocycles. The van der Waals surface area contributed by atoms with Gasteiger partial charge in [0.2, 0.25) is 0 Å². The molecule has 0 saturated carbocycles. The number of alkyl halides is 34. The van der Waals surface area contributed by atoms with E-state index in [1.807, 2.05) is 0 Å². The molecule has 0 saturated heterocycles. The summed E-state index contributed by atoms with van der Waals surface area (Å²) in [7, 11) is -0.800. The average molecular weight is 1230 g/mol. The quantitative estimate of drug-likeness (QED) is 0.0220. The Kier molecular flexibility index (Phi) is 22.0. The van der Waals surface area contributed by atoms with Crippen molar-refractivity contribution < 1.29 is 182 Å². The first-order chi connectivity index (χ1) is 33.0. The summed E-state index contributed by atoms with van der Waals surface area (Å²) < 4.78 is 489.